The number of allylic oxidation sites excluding steroid dienone is 1. The summed E-state index contributed by atoms with van der Waals surface area (Å²) in [5.74, 6) is 3.11. The van der Waals surface area contributed by atoms with Crippen molar-refractivity contribution in [3.8, 4) is 0 Å². The lowest BCUT2D eigenvalue weighted by molar-refractivity contribution is -0.0240. The van der Waals surface area contributed by atoms with Gasteiger partial charge < -0.3 is 4.74 Å². The van der Waals surface area contributed by atoms with E-state index in [0.717, 1.165) is 17.8 Å². The standard InChI is InChI=1S/C15H22O/c1-2-16-5-3-4-15-9-12-6-13(10-15)8-14(7-12)11-15/h2-4,12-14H,1,5-11H2. The van der Waals surface area contributed by atoms with E-state index in [9.17, 15) is 0 Å². The summed E-state index contributed by atoms with van der Waals surface area (Å²) in [6.45, 7) is 4.27. The molecule has 0 amide bonds. The van der Waals surface area contributed by atoms with Gasteiger partial charge in [-0.05, 0) is 61.7 Å². The molecule has 0 aromatic carbocycles. The molecule has 0 saturated heterocycles. The van der Waals surface area contributed by atoms with Crippen LogP contribution in [-0.2, 0) is 4.74 Å². The average molecular weight is 218 g/mol. The second kappa shape index (κ2) is 3.94. The Kier molecular flexibility index (Phi) is 2.57. The van der Waals surface area contributed by atoms with E-state index in [1.165, 1.54) is 44.8 Å². The zero-order valence-corrected chi connectivity index (χ0v) is 10.0. The SMILES string of the molecule is C=COCC=CC12CC3CC(CC(C3)C1)C2. The summed E-state index contributed by atoms with van der Waals surface area (Å²) >= 11 is 0. The summed E-state index contributed by atoms with van der Waals surface area (Å²) in [7, 11) is 0. The Bertz CT molecular complexity index is 267. The first kappa shape index (κ1) is 10.4. The van der Waals surface area contributed by atoms with Crippen LogP contribution in [0.3, 0.4) is 0 Å². The summed E-state index contributed by atoms with van der Waals surface area (Å²) in [5.41, 5.74) is 0.555. The lowest BCUT2D eigenvalue weighted by Gasteiger charge is -2.55. The zero-order valence-electron chi connectivity index (χ0n) is 10.0. The molecule has 0 aromatic rings. The smallest absolute Gasteiger partial charge is 0.105 e. The fraction of sp³-hybridized carbons (Fsp3) is 0.733. The molecule has 88 valence electrons. The molecule has 0 heterocycles. The Balaban J connectivity index is 1.68. The number of hydrogen-bond donors (Lipinski definition) is 0. The van der Waals surface area contributed by atoms with Crippen LogP contribution in [0.5, 0.6) is 0 Å². The second-order valence-corrected chi connectivity index (χ2v) is 6.18. The van der Waals surface area contributed by atoms with Gasteiger partial charge in [0.2, 0.25) is 0 Å². The molecule has 0 atom stereocenters. The van der Waals surface area contributed by atoms with Gasteiger partial charge >= 0.3 is 0 Å². The average Bonchev–Trinajstić information content (AvgIpc) is 2.22. The molecular formula is C15H22O. The largest absolute Gasteiger partial charge is 0.498 e. The van der Waals surface area contributed by atoms with Crippen molar-refractivity contribution in [1.82, 2.24) is 0 Å². The van der Waals surface area contributed by atoms with E-state index in [1.54, 1.807) is 0 Å². The highest BCUT2D eigenvalue weighted by Crippen LogP contribution is 2.60. The van der Waals surface area contributed by atoms with Crippen molar-refractivity contribution in [3.63, 3.8) is 0 Å². The fourth-order valence-corrected chi connectivity index (χ4v) is 4.80. The van der Waals surface area contributed by atoms with Crippen LogP contribution >= 0.6 is 0 Å². The van der Waals surface area contributed by atoms with Crippen molar-refractivity contribution in [1.29, 1.82) is 0 Å². The van der Waals surface area contributed by atoms with E-state index in [-0.39, 0.29) is 0 Å². The summed E-state index contributed by atoms with van der Waals surface area (Å²) < 4.78 is 5.17. The second-order valence-electron chi connectivity index (χ2n) is 6.18. The molecule has 4 fully saturated rings. The van der Waals surface area contributed by atoms with Crippen LogP contribution in [-0.4, -0.2) is 6.61 Å². The molecule has 0 unspecified atom stereocenters. The molecule has 4 bridgehead atoms. The van der Waals surface area contributed by atoms with Crippen LogP contribution in [0.25, 0.3) is 0 Å². The van der Waals surface area contributed by atoms with Gasteiger partial charge in [-0.1, -0.05) is 18.7 Å². The minimum atomic E-state index is 0.555. The van der Waals surface area contributed by atoms with Gasteiger partial charge in [-0.25, -0.2) is 0 Å². The number of hydrogen-bond acceptors (Lipinski definition) is 1. The normalized spacial score (nSPS) is 45.1. The predicted molar refractivity (Wildman–Crippen MR) is 65.9 cm³/mol. The lowest BCUT2D eigenvalue weighted by Crippen LogP contribution is -2.45. The van der Waals surface area contributed by atoms with Gasteiger partial charge in [0.15, 0.2) is 0 Å². The van der Waals surface area contributed by atoms with Gasteiger partial charge in [0.1, 0.15) is 6.61 Å². The van der Waals surface area contributed by atoms with Crippen molar-refractivity contribution >= 4 is 0 Å². The first-order valence-corrected chi connectivity index (χ1v) is 6.70. The molecule has 4 aliphatic carbocycles. The Hall–Kier alpha value is -0.720. The van der Waals surface area contributed by atoms with E-state index in [1.807, 2.05) is 0 Å². The van der Waals surface area contributed by atoms with Crippen LogP contribution < -0.4 is 0 Å². The molecule has 0 N–H and O–H groups in total. The third-order valence-electron chi connectivity index (χ3n) is 4.87. The van der Waals surface area contributed by atoms with E-state index < -0.39 is 0 Å². The Morgan fingerprint density at radius 1 is 1.06 bits per heavy atom. The van der Waals surface area contributed by atoms with Gasteiger partial charge in [-0.3, -0.25) is 0 Å². The minimum absolute atomic E-state index is 0.555. The van der Waals surface area contributed by atoms with Crippen molar-refractivity contribution in [2.24, 2.45) is 23.2 Å². The van der Waals surface area contributed by atoms with Gasteiger partial charge in [0, 0.05) is 0 Å². The van der Waals surface area contributed by atoms with Crippen molar-refractivity contribution < 1.29 is 4.74 Å². The van der Waals surface area contributed by atoms with Crippen molar-refractivity contribution in [2.75, 3.05) is 6.61 Å². The first-order chi connectivity index (χ1) is 7.80. The Labute approximate surface area is 98.6 Å². The van der Waals surface area contributed by atoms with E-state index in [0.29, 0.717) is 12.0 Å². The quantitative estimate of drug-likeness (QED) is 0.395. The Morgan fingerprint density at radius 2 is 1.62 bits per heavy atom. The number of ether oxygens (including phenoxy) is 1. The number of rotatable bonds is 4. The first-order valence-electron chi connectivity index (χ1n) is 6.70. The molecule has 0 radical (unpaired) electrons. The maximum Gasteiger partial charge on any atom is 0.105 e. The summed E-state index contributed by atoms with van der Waals surface area (Å²) in [5, 5.41) is 0. The highest BCUT2D eigenvalue weighted by Gasteiger charge is 2.49. The highest BCUT2D eigenvalue weighted by atomic mass is 16.5. The topological polar surface area (TPSA) is 9.23 Å². The zero-order chi connectivity index (χ0) is 11.0. The maximum atomic E-state index is 5.17. The predicted octanol–water partition coefficient (Wildman–Crippen LogP) is 3.92. The van der Waals surface area contributed by atoms with Crippen LogP contribution in [0, 0.1) is 23.2 Å². The monoisotopic (exact) mass is 218 g/mol. The van der Waals surface area contributed by atoms with Crippen LogP contribution in [0.2, 0.25) is 0 Å². The Morgan fingerprint density at radius 3 is 2.12 bits per heavy atom. The minimum Gasteiger partial charge on any atom is -0.498 e. The van der Waals surface area contributed by atoms with Crippen molar-refractivity contribution in [3.05, 3.63) is 25.0 Å². The molecule has 0 aliphatic heterocycles. The van der Waals surface area contributed by atoms with E-state index in [2.05, 4.69) is 18.7 Å². The molecule has 4 saturated carbocycles. The molecule has 1 heteroatoms. The fourth-order valence-electron chi connectivity index (χ4n) is 4.80. The summed E-state index contributed by atoms with van der Waals surface area (Å²) in [6.07, 6.45) is 15.1. The molecule has 0 aromatic heterocycles. The van der Waals surface area contributed by atoms with Crippen LogP contribution in [0.15, 0.2) is 25.0 Å². The third kappa shape index (κ3) is 1.81. The van der Waals surface area contributed by atoms with Gasteiger partial charge in [-0.2, -0.15) is 0 Å². The highest BCUT2D eigenvalue weighted by molar-refractivity contribution is 5.10. The van der Waals surface area contributed by atoms with Crippen LogP contribution in [0.4, 0.5) is 0 Å². The maximum absolute atomic E-state index is 5.17. The van der Waals surface area contributed by atoms with Gasteiger partial charge in [0.05, 0.1) is 6.26 Å². The third-order valence-corrected chi connectivity index (χ3v) is 4.87. The van der Waals surface area contributed by atoms with E-state index in [4.69, 9.17) is 4.74 Å². The van der Waals surface area contributed by atoms with Crippen molar-refractivity contribution in [2.45, 2.75) is 38.5 Å². The molecule has 4 aliphatic rings. The lowest BCUT2D eigenvalue weighted by atomic mass is 9.49. The van der Waals surface area contributed by atoms with Crippen LogP contribution in [0.1, 0.15) is 38.5 Å². The molecule has 1 nitrogen and oxygen atoms in total. The molecule has 4 rings (SSSR count). The molecule has 0 spiro atoms. The molecular weight excluding hydrogens is 196 g/mol. The summed E-state index contributed by atoms with van der Waals surface area (Å²) in [4.78, 5) is 0. The van der Waals surface area contributed by atoms with E-state index >= 15 is 0 Å². The van der Waals surface area contributed by atoms with Gasteiger partial charge in [0.25, 0.3) is 0 Å². The molecule has 16 heavy (non-hydrogen) atoms. The van der Waals surface area contributed by atoms with Gasteiger partial charge in [-0.15, -0.1) is 0 Å². The summed E-state index contributed by atoms with van der Waals surface area (Å²) in [6, 6.07) is 0.